The van der Waals surface area contributed by atoms with E-state index in [9.17, 15) is 0 Å². The molecule has 1 aliphatic rings. The third-order valence-corrected chi connectivity index (χ3v) is 5.69. The Labute approximate surface area is 125 Å². The van der Waals surface area contributed by atoms with Crippen LogP contribution in [0.25, 0.3) is 0 Å². The Morgan fingerprint density at radius 1 is 1.44 bits per heavy atom. The Kier molecular flexibility index (Phi) is 12.0. The van der Waals surface area contributed by atoms with Gasteiger partial charge in [0.2, 0.25) is 0 Å². The molecule has 0 N–H and O–H groups in total. The summed E-state index contributed by atoms with van der Waals surface area (Å²) in [5, 5.41) is 0. The number of ether oxygens (including phenoxy) is 1. The molecule has 1 unspecified atom stereocenters. The molecule has 5 heteroatoms. The van der Waals surface area contributed by atoms with Crippen molar-refractivity contribution < 1.29 is 50.0 Å². The van der Waals surface area contributed by atoms with Crippen LogP contribution in [0.1, 0.15) is 19.3 Å². The van der Waals surface area contributed by atoms with Gasteiger partial charge >= 0.3 is 101 Å². The molecule has 16 heavy (non-hydrogen) atoms. The van der Waals surface area contributed by atoms with Gasteiger partial charge in [0.15, 0.2) is 0 Å². The normalized spacial score (nSPS) is 16.1. The van der Waals surface area contributed by atoms with Crippen LogP contribution in [0.5, 0.6) is 0 Å². The van der Waals surface area contributed by atoms with Crippen molar-refractivity contribution in [2.45, 2.75) is 38.1 Å². The summed E-state index contributed by atoms with van der Waals surface area (Å²) in [7, 11) is 1.22. The van der Waals surface area contributed by atoms with Crippen LogP contribution in [-0.4, -0.2) is 21.6 Å². The van der Waals surface area contributed by atoms with Gasteiger partial charge in [-0.1, -0.05) is 0 Å². The molecule has 0 aliphatic heterocycles. The van der Waals surface area contributed by atoms with E-state index in [2.05, 4.69) is 45.7 Å². The zero-order valence-corrected chi connectivity index (χ0v) is 14.3. The molecular weight excluding hydrogens is 295 g/mol. The maximum atomic E-state index is 5.52. The average Bonchev–Trinajstić information content (AvgIpc) is 2.52. The molecule has 0 aromatic carbocycles. The molecule has 1 aliphatic carbocycles. The van der Waals surface area contributed by atoms with Crippen molar-refractivity contribution in [1.82, 2.24) is 0 Å². The summed E-state index contributed by atoms with van der Waals surface area (Å²) in [5.41, 5.74) is 2.09. The number of hydrogen-bond acceptors (Lipinski definition) is 1. The Bertz CT molecular complexity index is 254. The average molecular weight is 314 g/mol. The molecule has 1 rings (SSSR count). The van der Waals surface area contributed by atoms with Crippen LogP contribution in [-0.2, 0) is 25.2 Å². The minimum atomic E-state index is -0.635. The van der Waals surface area contributed by atoms with Gasteiger partial charge < -0.3 is 24.8 Å². The van der Waals surface area contributed by atoms with E-state index >= 15 is 0 Å². The molecule has 0 aromatic rings. The molecule has 0 fully saturated rings. The molecule has 1 nitrogen and oxygen atoms in total. The molecule has 1 atom stereocenters. The third-order valence-electron chi connectivity index (χ3n) is 2.77. The van der Waals surface area contributed by atoms with E-state index in [0.29, 0.717) is 5.73 Å². The Hall–Kier alpha value is 0.951. The fourth-order valence-corrected chi connectivity index (χ4v) is 3.69. The van der Waals surface area contributed by atoms with Crippen molar-refractivity contribution in [3.8, 4) is 0 Å². The van der Waals surface area contributed by atoms with Crippen molar-refractivity contribution >= 4 is 8.80 Å². The first-order valence-electron chi connectivity index (χ1n) is 5.28. The molecule has 0 bridgehead atoms. The summed E-state index contributed by atoms with van der Waals surface area (Å²) in [6.45, 7) is 4.72. The smallest absolute Gasteiger partial charge is 1.00 e. The molecule has 0 amide bonds. The molecule has 0 radical (unpaired) electrons. The molecular formula is C11H19Cl2OSiTi. The quantitative estimate of drug-likeness (QED) is 0.480. The number of methoxy groups -OCH3 is 1. The van der Waals surface area contributed by atoms with Crippen LogP contribution < -0.4 is 24.8 Å². The van der Waals surface area contributed by atoms with Crippen molar-refractivity contribution in [2.75, 3.05) is 7.11 Å². The van der Waals surface area contributed by atoms with E-state index in [1.807, 2.05) is 7.11 Å². The van der Waals surface area contributed by atoms with Crippen molar-refractivity contribution in [3.05, 3.63) is 21.6 Å². The minimum Gasteiger partial charge on any atom is -1.00 e. The summed E-state index contributed by atoms with van der Waals surface area (Å²) in [6.07, 6.45) is 8.11. The van der Waals surface area contributed by atoms with Crippen LogP contribution in [0.4, 0.5) is 0 Å². The van der Waals surface area contributed by atoms with E-state index in [0.717, 1.165) is 6.42 Å². The number of allylic oxidation sites excluding steroid dienone is 4. The second kappa shape index (κ2) is 9.93. The Balaban J connectivity index is 0. The number of hydrogen-bond donors (Lipinski definition) is 0. The molecule has 0 saturated heterocycles. The van der Waals surface area contributed by atoms with Gasteiger partial charge in [0.1, 0.15) is 0 Å². The van der Waals surface area contributed by atoms with E-state index in [4.69, 9.17) is 4.74 Å². The zero-order chi connectivity index (χ0) is 10.6. The molecule has 0 spiro atoms. The maximum Gasteiger partial charge on any atom is -1.00 e. The predicted octanol–water partition coefficient (Wildman–Crippen LogP) is -3.42. The largest absolute Gasteiger partial charge is 1.00 e. The van der Waals surface area contributed by atoms with Gasteiger partial charge in [-0.3, -0.25) is 0 Å². The predicted molar refractivity (Wildman–Crippen MR) is 59.7 cm³/mol. The zero-order valence-electron chi connectivity index (χ0n) is 10.1. The molecule has 91 valence electrons. The van der Waals surface area contributed by atoms with Gasteiger partial charge in [-0.15, -0.1) is 0 Å². The Morgan fingerprint density at radius 3 is 2.44 bits per heavy atom. The first-order valence-corrected chi connectivity index (χ1v) is 9.03. The third kappa shape index (κ3) is 6.04. The van der Waals surface area contributed by atoms with Crippen LogP contribution in [0.3, 0.4) is 0 Å². The van der Waals surface area contributed by atoms with Crippen molar-refractivity contribution in [1.29, 1.82) is 0 Å². The summed E-state index contributed by atoms with van der Waals surface area (Å²) in [6, 6.07) is 0. The van der Waals surface area contributed by atoms with Crippen LogP contribution in [0.15, 0.2) is 21.6 Å². The topological polar surface area (TPSA) is 9.23 Å². The first kappa shape index (κ1) is 19.3. The van der Waals surface area contributed by atoms with Crippen LogP contribution in [0.2, 0.25) is 13.1 Å². The van der Waals surface area contributed by atoms with Gasteiger partial charge in [0.05, 0.1) is 0 Å². The molecule has 0 saturated carbocycles. The van der Waals surface area contributed by atoms with E-state index in [1.54, 1.807) is 9.45 Å². The van der Waals surface area contributed by atoms with Gasteiger partial charge in [-0.25, -0.2) is 0 Å². The summed E-state index contributed by atoms with van der Waals surface area (Å²) in [4.78, 5) is 0. The summed E-state index contributed by atoms with van der Waals surface area (Å²) in [5.74, 6) is 0. The fourth-order valence-electron chi connectivity index (χ4n) is 1.81. The minimum absolute atomic E-state index is 0. The van der Waals surface area contributed by atoms with E-state index in [1.165, 1.54) is 12.8 Å². The van der Waals surface area contributed by atoms with Gasteiger partial charge in [0.25, 0.3) is 0 Å². The SMILES string of the molecule is COC(CCC1=[C]([Ti+2])CC=C1)[SiH](C)C.[Cl-].[Cl-]. The molecule has 0 heterocycles. The number of rotatable bonds is 5. The van der Waals surface area contributed by atoms with Crippen molar-refractivity contribution in [2.24, 2.45) is 0 Å². The van der Waals surface area contributed by atoms with E-state index < -0.39 is 8.80 Å². The van der Waals surface area contributed by atoms with Gasteiger partial charge in [-0.05, 0) is 0 Å². The van der Waals surface area contributed by atoms with Crippen LogP contribution >= 0.6 is 0 Å². The van der Waals surface area contributed by atoms with Gasteiger partial charge in [0, 0.05) is 0 Å². The molecule has 0 aromatic heterocycles. The fraction of sp³-hybridized carbons (Fsp3) is 0.636. The number of halogens is 2. The van der Waals surface area contributed by atoms with Gasteiger partial charge in [-0.2, -0.15) is 0 Å². The van der Waals surface area contributed by atoms with Crippen molar-refractivity contribution in [3.63, 3.8) is 0 Å². The Morgan fingerprint density at radius 2 is 2.06 bits per heavy atom. The first-order chi connectivity index (χ1) is 6.65. The van der Waals surface area contributed by atoms with Crippen LogP contribution in [0, 0.1) is 0 Å². The maximum absolute atomic E-state index is 5.52. The summed E-state index contributed by atoms with van der Waals surface area (Å²) < 4.78 is 7.07. The monoisotopic (exact) mass is 313 g/mol. The summed E-state index contributed by atoms with van der Waals surface area (Å²) >= 11 is 2.24. The second-order valence-electron chi connectivity index (χ2n) is 4.17. The standard InChI is InChI=1S/C11H19OSi.2ClH.Ti/c1-12-11(13(2)3)9-8-10-6-4-5-7-10;;;/h4,6,11,13H,5,8-9H2,1-3H3;2*1H;/q;;;+2/p-2. The van der Waals surface area contributed by atoms with E-state index in [-0.39, 0.29) is 24.8 Å². The second-order valence-corrected chi connectivity index (χ2v) is 8.34.